The summed E-state index contributed by atoms with van der Waals surface area (Å²) in [5, 5.41) is 4.39. The Hall–Kier alpha value is -3.22. The van der Waals surface area contributed by atoms with Gasteiger partial charge in [0.1, 0.15) is 12.6 Å². The molecule has 0 aliphatic carbocycles. The first kappa shape index (κ1) is 16.3. The van der Waals surface area contributed by atoms with Gasteiger partial charge in [0.25, 0.3) is 5.91 Å². The van der Waals surface area contributed by atoms with Crippen molar-refractivity contribution < 1.29 is 9.53 Å². The number of carbonyl (C=O) groups is 1. The highest BCUT2D eigenvalue weighted by molar-refractivity contribution is 5.94. The third-order valence-electron chi connectivity index (χ3n) is 4.38. The van der Waals surface area contributed by atoms with Crippen LogP contribution in [0.3, 0.4) is 0 Å². The molecule has 0 bridgehead atoms. The number of hydrogen-bond donors (Lipinski definition) is 0. The molecule has 0 N–H and O–H groups in total. The van der Waals surface area contributed by atoms with E-state index in [1.165, 1.54) is 0 Å². The predicted octanol–water partition coefficient (Wildman–Crippen LogP) is 2.26. The highest BCUT2D eigenvalue weighted by atomic mass is 16.5. The normalized spacial score (nSPS) is 16.2. The Bertz CT molecular complexity index is 909. The number of aromatic nitrogens is 4. The molecule has 26 heavy (non-hydrogen) atoms. The van der Waals surface area contributed by atoms with Crippen LogP contribution in [0.1, 0.15) is 27.7 Å². The molecule has 0 fully saturated rings. The molecule has 0 saturated carbocycles. The Morgan fingerprint density at radius 1 is 1.19 bits per heavy atom. The number of nitrogens with zero attached hydrogens (tertiary/aromatic N) is 5. The minimum atomic E-state index is -0.0914. The van der Waals surface area contributed by atoms with E-state index in [4.69, 9.17) is 4.74 Å². The molecule has 1 aromatic carbocycles. The number of ether oxygens (including phenoxy) is 1. The third-order valence-corrected chi connectivity index (χ3v) is 4.38. The summed E-state index contributed by atoms with van der Waals surface area (Å²) in [7, 11) is 0. The fourth-order valence-electron chi connectivity index (χ4n) is 3.16. The van der Waals surface area contributed by atoms with Crippen LogP contribution in [0.25, 0.3) is 0 Å². The van der Waals surface area contributed by atoms with Gasteiger partial charge in [-0.3, -0.25) is 9.48 Å². The second-order valence-corrected chi connectivity index (χ2v) is 6.32. The van der Waals surface area contributed by atoms with Crippen molar-refractivity contribution in [3.8, 4) is 6.01 Å². The Balaban J connectivity index is 1.53. The van der Waals surface area contributed by atoms with Gasteiger partial charge in [-0.15, -0.1) is 0 Å². The van der Waals surface area contributed by atoms with Gasteiger partial charge in [0.2, 0.25) is 0 Å². The molecule has 132 valence electrons. The lowest BCUT2D eigenvalue weighted by Crippen LogP contribution is -2.43. The van der Waals surface area contributed by atoms with E-state index in [-0.39, 0.29) is 11.9 Å². The van der Waals surface area contributed by atoms with Crippen molar-refractivity contribution in [3.63, 3.8) is 0 Å². The second-order valence-electron chi connectivity index (χ2n) is 6.32. The minimum absolute atomic E-state index is 0.0158. The van der Waals surface area contributed by atoms with Crippen LogP contribution in [0.4, 0.5) is 0 Å². The summed E-state index contributed by atoms with van der Waals surface area (Å²) >= 11 is 0. The topological polar surface area (TPSA) is 73.1 Å². The molecule has 1 atom stereocenters. The van der Waals surface area contributed by atoms with Crippen LogP contribution < -0.4 is 4.74 Å². The van der Waals surface area contributed by atoms with E-state index in [1.54, 1.807) is 24.7 Å². The van der Waals surface area contributed by atoms with Crippen LogP contribution in [0, 0.1) is 6.92 Å². The smallest absolute Gasteiger partial charge is 0.316 e. The quantitative estimate of drug-likeness (QED) is 0.722. The maximum atomic E-state index is 12.9. The molecule has 7 heteroatoms. The van der Waals surface area contributed by atoms with Gasteiger partial charge in [-0.25, -0.2) is 9.97 Å². The zero-order chi connectivity index (χ0) is 17.9. The van der Waals surface area contributed by atoms with E-state index in [1.807, 2.05) is 46.8 Å². The summed E-state index contributed by atoms with van der Waals surface area (Å²) in [6, 6.07) is 11.6. The Kier molecular flexibility index (Phi) is 4.35. The van der Waals surface area contributed by atoms with Gasteiger partial charge in [-0.1, -0.05) is 17.7 Å². The molecule has 7 nitrogen and oxygen atoms in total. The lowest BCUT2D eigenvalue weighted by Gasteiger charge is -2.33. The van der Waals surface area contributed by atoms with Crippen molar-refractivity contribution in [1.29, 1.82) is 0 Å². The van der Waals surface area contributed by atoms with Crippen LogP contribution in [-0.2, 0) is 6.54 Å². The summed E-state index contributed by atoms with van der Waals surface area (Å²) in [4.78, 5) is 22.9. The van der Waals surface area contributed by atoms with Gasteiger partial charge in [-0.2, -0.15) is 5.10 Å². The monoisotopic (exact) mass is 349 g/mol. The highest BCUT2D eigenvalue weighted by Gasteiger charge is 2.29. The molecule has 2 aromatic heterocycles. The largest absolute Gasteiger partial charge is 0.461 e. The van der Waals surface area contributed by atoms with E-state index in [0.29, 0.717) is 31.3 Å². The molecule has 0 radical (unpaired) electrons. The van der Waals surface area contributed by atoms with Crippen LogP contribution in [0.15, 0.2) is 55.0 Å². The summed E-state index contributed by atoms with van der Waals surface area (Å²) in [6.07, 6.45) is 5.02. The van der Waals surface area contributed by atoms with Gasteiger partial charge in [0.05, 0.1) is 12.2 Å². The summed E-state index contributed by atoms with van der Waals surface area (Å²) < 4.78 is 7.62. The van der Waals surface area contributed by atoms with Gasteiger partial charge >= 0.3 is 6.01 Å². The van der Waals surface area contributed by atoms with Crippen LogP contribution in [0.5, 0.6) is 6.01 Å². The number of carbonyl (C=O) groups excluding carboxylic acids is 1. The maximum Gasteiger partial charge on any atom is 0.316 e. The molecule has 1 aliphatic heterocycles. The first-order valence-electron chi connectivity index (χ1n) is 8.49. The summed E-state index contributed by atoms with van der Waals surface area (Å²) in [6.45, 7) is 3.38. The number of fused-ring (bicyclic) bond motifs is 1. The fourth-order valence-corrected chi connectivity index (χ4v) is 3.16. The third kappa shape index (κ3) is 3.28. The Morgan fingerprint density at radius 3 is 2.85 bits per heavy atom. The Morgan fingerprint density at radius 2 is 2.04 bits per heavy atom. The Labute approximate surface area is 151 Å². The molecule has 4 rings (SSSR count). The van der Waals surface area contributed by atoms with E-state index < -0.39 is 0 Å². The molecule has 0 spiro atoms. The summed E-state index contributed by atoms with van der Waals surface area (Å²) in [5.41, 5.74) is 2.75. The molecule has 3 heterocycles. The van der Waals surface area contributed by atoms with Crippen molar-refractivity contribution in [3.05, 3.63) is 71.8 Å². The molecule has 1 aliphatic rings. The number of aryl methyl sites for hydroxylation is 1. The second kappa shape index (κ2) is 6.95. The zero-order valence-corrected chi connectivity index (χ0v) is 14.4. The molecule has 1 unspecified atom stereocenters. The van der Waals surface area contributed by atoms with Crippen molar-refractivity contribution >= 4 is 5.91 Å². The van der Waals surface area contributed by atoms with Crippen LogP contribution in [0.2, 0.25) is 0 Å². The standard InChI is InChI=1S/C19H19N5O2/c1-14-4-2-5-15(10-14)18(25)23-11-16-6-9-22-24(16)17(12-23)13-26-19-20-7-3-8-21-19/h2-10,17H,11-13H2,1H3. The minimum Gasteiger partial charge on any atom is -0.461 e. The first-order valence-corrected chi connectivity index (χ1v) is 8.49. The maximum absolute atomic E-state index is 12.9. The molecular weight excluding hydrogens is 330 g/mol. The average molecular weight is 349 g/mol. The molecular formula is C19H19N5O2. The fraction of sp³-hybridized carbons (Fsp3) is 0.263. The van der Waals surface area contributed by atoms with Gasteiger partial charge in [-0.05, 0) is 31.2 Å². The van der Waals surface area contributed by atoms with Gasteiger partial charge < -0.3 is 9.64 Å². The van der Waals surface area contributed by atoms with Gasteiger partial charge in [0, 0.05) is 30.7 Å². The molecule has 0 saturated heterocycles. The van der Waals surface area contributed by atoms with E-state index in [0.717, 1.165) is 11.3 Å². The SMILES string of the molecule is Cc1cccc(C(=O)N2Cc3ccnn3C(COc3ncccn3)C2)c1. The van der Waals surface area contributed by atoms with E-state index >= 15 is 0 Å². The highest BCUT2D eigenvalue weighted by Crippen LogP contribution is 2.23. The van der Waals surface area contributed by atoms with Crippen molar-refractivity contribution in [2.45, 2.75) is 19.5 Å². The number of benzene rings is 1. The summed E-state index contributed by atoms with van der Waals surface area (Å²) in [5.74, 6) is 0.0158. The van der Waals surface area contributed by atoms with Crippen molar-refractivity contribution in [2.75, 3.05) is 13.2 Å². The number of rotatable bonds is 4. The van der Waals surface area contributed by atoms with E-state index in [9.17, 15) is 4.79 Å². The lowest BCUT2D eigenvalue weighted by atomic mass is 10.1. The van der Waals surface area contributed by atoms with Gasteiger partial charge in [0.15, 0.2) is 0 Å². The predicted molar refractivity (Wildman–Crippen MR) is 94.7 cm³/mol. The van der Waals surface area contributed by atoms with E-state index in [2.05, 4.69) is 15.1 Å². The zero-order valence-electron chi connectivity index (χ0n) is 14.4. The number of hydrogen-bond acceptors (Lipinski definition) is 5. The van der Waals surface area contributed by atoms with Crippen molar-refractivity contribution in [2.24, 2.45) is 0 Å². The molecule has 1 amide bonds. The van der Waals surface area contributed by atoms with Crippen molar-refractivity contribution in [1.82, 2.24) is 24.6 Å². The van der Waals surface area contributed by atoms with Crippen LogP contribution in [-0.4, -0.2) is 43.7 Å². The first-order chi connectivity index (χ1) is 12.7. The lowest BCUT2D eigenvalue weighted by molar-refractivity contribution is 0.0629. The number of amides is 1. The average Bonchev–Trinajstić information content (AvgIpc) is 3.15. The van der Waals surface area contributed by atoms with Crippen LogP contribution >= 0.6 is 0 Å². The molecule has 3 aromatic rings.